The van der Waals surface area contributed by atoms with Crippen molar-refractivity contribution in [3.8, 4) is 5.69 Å². The summed E-state index contributed by atoms with van der Waals surface area (Å²) in [4.78, 5) is 28.7. The molecule has 1 heterocycles. The van der Waals surface area contributed by atoms with E-state index < -0.39 is 0 Å². The van der Waals surface area contributed by atoms with E-state index in [1.54, 1.807) is 6.08 Å². The molecule has 2 aliphatic carbocycles. The van der Waals surface area contributed by atoms with Crippen molar-refractivity contribution in [2.75, 3.05) is 7.11 Å². The number of fused-ring (bicyclic) bond motifs is 3. The number of hydrogen-bond donors (Lipinski definition) is 0. The summed E-state index contributed by atoms with van der Waals surface area (Å²) in [6, 6.07) is 8.10. The fourth-order valence-electron chi connectivity index (χ4n) is 5.33. The largest absolute Gasteiger partial charge is 0.466 e. The smallest absolute Gasteiger partial charge is 0.330 e. The van der Waals surface area contributed by atoms with E-state index in [0.717, 1.165) is 36.3 Å². The first-order valence-corrected chi connectivity index (χ1v) is 10.3. The molecule has 0 saturated heterocycles. The predicted octanol–water partition coefficient (Wildman–Crippen LogP) is 4.19. The van der Waals surface area contributed by atoms with Crippen molar-refractivity contribution in [1.82, 2.24) is 9.55 Å². The number of hydrogen-bond acceptors (Lipinski definition) is 4. The molecule has 2 aromatic rings. The lowest BCUT2D eigenvalue weighted by atomic mass is 9.57. The second kappa shape index (κ2) is 7.29. The standard InChI is InChI=1S/C24H28N2O3/c1-15-19-9-10-20-23(24(19,3)13-12-21(15)27)25-16(2)26(20)18-7-5-6-17(14-18)8-11-22(28)29-4/h5-8,11,14-15,19H,9-10,12-13H2,1-4H3/b11-8+/t15-,19-,24-/m0/s1. The normalized spacial score (nSPS) is 26.3. The molecule has 5 heteroatoms. The second-order valence-electron chi connectivity index (χ2n) is 8.56. The van der Waals surface area contributed by atoms with Gasteiger partial charge < -0.3 is 9.30 Å². The summed E-state index contributed by atoms with van der Waals surface area (Å²) in [5.74, 6) is 1.48. The van der Waals surface area contributed by atoms with Crippen molar-refractivity contribution in [1.29, 1.82) is 0 Å². The molecule has 0 amide bonds. The number of ketones is 1. The van der Waals surface area contributed by atoms with Gasteiger partial charge in [0.2, 0.25) is 0 Å². The zero-order chi connectivity index (χ0) is 20.8. The summed E-state index contributed by atoms with van der Waals surface area (Å²) in [7, 11) is 1.37. The average molecular weight is 392 g/mol. The first-order chi connectivity index (χ1) is 13.8. The Morgan fingerprint density at radius 2 is 2.14 bits per heavy atom. The molecular weight excluding hydrogens is 364 g/mol. The highest BCUT2D eigenvalue weighted by molar-refractivity contribution is 5.87. The molecule has 1 saturated carbocycles. The van der Waals surface area contributed by atoms with Crippen LogP contribution in [0.2, 0.25) is 0 Å². The van der Waals surface area contributed by atoms with E-state index in [9.17, 15) is 9.59 Å². The number of esters is 1. The number of rotatable bonds is 3. The molecule has 1 aromatic heterocycles. The van der Waals surface area contributed by atoms with E-state index in [-0.39, 0.29) is 17.3 Å². The van der Waals surface area contributed by atoms with Gasteiger partial charge >= 0.3 is 5.97 Å². The van der Waals surface area contributed by atoms with Crippen molar-refractivity contribution in [2.24, 2.45) is 11.8 Å². The molecule has 29 heavy (non-hydrogen) atoms. The third kappa shape index (κ3) is 3.22. The number of carbonyl (C=O) groups is 2. The van der Waals surface area contributed by atoms with Gasteiger partial charge in [-0.3, -0.25) is 4.79 Å². The third-order valence-electron chi connectivity index (χ3n) is 6.94. The fourth-order valence-corrected chi connectivity index (χ4v) is 5.33. The van der Waals surface area contributed by atoms with Gasteiger partial charge in [0.1, 0.15) is 11.6 Å². The molecular formula is C24H28N2O3. The lowest BCUT2D eigenvalue weighted by Gasteiger charge is -2.46. The molecule has 152 valence electrons. The van der Waals surface area contributed by atoms with Crippen LogP contribution in [0, 0.1) is 18.8 Å². The number of ether oxygens (including phenoxy) is 1. The Balaban J connectivity index is 1.75. The van der Waals surface area contributed by atoms with Gasteiger partial charge in [-0.2, -0.15) is 0 Å². The summed E-state index contributed by atoms with van der Waals surface area (Å²) in [5, 5.41) is 0. The van der Waals surface area contributed by atoms with Crippen LogP contribution in [0.3, 0.4) is 0 Å². The fraction of sp³-hybridized carbons (Fsp3) is 0.458. The Morgan fingerprint density at radius 3 is 2.90 bits per heavy atom. The maximum atomic E-state index is 12.3. The molecule has 0 aliphatic heterocycles. The number of carbonyl (C=O) groups excluding carboxylic acids is 2. The Bertz CT molecular complexity index is 1000. The Labute approximate surface area is 171 Å². The molecule has 1 aromatic carbocycles. The predicted molar refractivity (Wildman–Crippen MR) is 112 cm³/mol. The molecule has 2 aliphatic rings. The maximum Gasteiger partial charge on any atom is 0.330 e. The number of methoxy groups -OCH3 is 1. The van der Waals surface area contributed by atoms with Gasteiger partial charge in [-0.25, -0.2) is 9.78 Å². The van der Waals surface area contributed by atoms with Gasteiger partial charge in [0.05, 0.1) is 12.8 Å². The van der Waals surface area contributed by atoms with Gasteiger partial charge in [0.15, 0.2) is 0 Å². The topological polar surface area (TPSA) is 61.2 Å². The Kier molecular flexibility index (Phi) is 4.93. The summed E-state index contributed by atoms with van der Waals surface area (Å²) in [5.41, 5.74) is 4.37. The number of imidazole rings is 1. The van der Waals surface area contributed by atoms with Crippen LogP contribution < -0.4 is 0 Å². The molecule has 0 unspecified atom stereocenters. The molecule has 0 N–H and O–H groups in total. The van der Waals surface area contributed by atoms with E-state index in [1.165, 1.54) is 24.6 Å². The molecule has 0 bridgehead atoms. The monoisotopic (exact) mass is 392 g/mol. The van der Waals surface area contributed by atoms with Gasteiger partial charge in [0.25, 0.3) is 0 Å². The first kappa shape index (κ1) is 19.6. The lowest BCUT2D eigenvalue weighted by Crippen LogP contribution is -2.47. The van der Waals surface area contributed by atoms with Crippen LogP contribution in [0.1, 0.15) is 55.9 Å². The minimum absolute atomic E-state index is 0.0423. The van der Waals surface area contributed by atoms with Gasteiger partial charge in [0, 0.05) is 35.2 Å². The van der Waals surface area contributed by atoms with Crippen LogP contribution in [0.4, 0.5) is 0 Å². The SMILES string of the molecule is COC(=O)/C=C/c1cccc(-n2c(C)nc3c2CC[C@H]2[C@H](C)C(=O)CC[C@]32C)c1. The highest BCUT2D eigenvalue weighted by Crippen LogP contribution is 2.51. The number of Topliss-reactive ketones (excluding diaryl/α,β-unsaturated/α-hetero) is 1. The number of nitrogens with zero attached hydrogens (tertiary/aromatic N) is 2. The van der Waals surface area contributed by atoms with Gasteiger partial charge in [-0.05, 0) is 55.9 Å². The average Bonchev–Trinajstić information content (AvgIpc) is 3.07. The third-order valence-corrected chi connectivity index (χ3v) is 6.94. The van der Waals surface area contributed by atoms with Crippen LogP contribution in [-0.4, -0.2) is 28.4 Å². The van der Waals surface area contributed by atoms with Crippen molar-refractivity contribution in [2.45, 2.75) is 51.9 Å². The Morgan fingerprint density at radius 1 is 1.34 bits per heavy atom. The molecule has 0 radical (unpaired) electrons. The quantitative estimate of drug-likeness (QED) is 0.581. The number of benzene rings is 1. The zero-order valence-corrected chi connectivity index (χ0v) is 17.6. The molecule has 1 fully saturated rings. The number of aryl methyl sites for hydroxylation is 1. The molecule has 4 rings (SSSR count). The minimum Gasteiger partial charge on any atom is -0.466 e. The van der Waals surface area contributed by atoms with Crippen molar-refractivity contribution in [3.63, 3.8) is 0 Å². The second-order valence-corrected chi connectivity index (χ2v) is 8.56. The summed E-state index contributed by atoms with van der Waals surface area (Å²) in [6.07, 6.45) is 6.67. The van der Waals surface area contributed by atoms with Gasteiger partial charge in [-0.15, -0.1) is 0 Å². The Hall–Kier alpha value is -2.69. The first-order valence-electron chi connectivity index (χ1n) is 10.3. The van der Waals surface area contributed by atoms with Crippen molar-refractivity contribution in [3.05, 3.63) is 53.1 Å². The number of aromatic nitrogens is 2. The van der Waals surface area contributed by atoms with Crippen LogP contribution in [0.25, 0.3) is 11.8 Å². The van der Waals surface area contributed by atoms with Crippen molar-refractivity contribution < 1.29 is 14.3 Å². The van der Waals surface area contributed by atoms with E-state index in [1.807, 2.05) is 19.1 Å². The van der Waals surface area contributed by atoms with E-state index >= 15 is 0 Å². The maximum absolute atomic E-state index is 12.3. The lowest BCUT2D eigenvalue weighted by molar-refractivity contribution is -0.134. The molecule has 0 spiro atoms. The highest BCUT2D eigenvalue weighted by Gasteiger charge is 2.50. The summed E-state index contributed by atoms with van der Waals surface area (Å²) >= 11 is 0. The summed E-state index contributed by atoms with van der Waals surface area (Å²) < 4.78 is 6.92. The van der Waals surface area contributed by atoms with Gasteiger partial charge in [-0.1, -0.05) is 26.0 Å². The minimum atomic E-state index is -0.369. The molecule has 3 atom stereocenters. The van der Waals surface area contributed by atoms with Crippen LogP contribution in [0.5, 0.6) is 0 Å². The van der Waals surface area contributed by atoms with Crippen molar-refractivity contribution >= 4 is 17.8 Å². The van der Waals surface area contributed by atoms with Crippen LogP contribution in [-0.2, 0) is 26.2 Å². The molecule has 5 nitrogen and oxygen atoms in total. The van der Waals surface area contributed by atoms with E-state index in [0.29, 0.717) is 18.1 Å². The van der Waals surface area contributed by atoms with Crippen LogP contribution >= 0.6 is 0 Å². The zero-order valence-electron chi connectivity index (χ0n) is 17.6. The van der Waals surface area contributed by atoms with E-state index in [2.05, 4.69) is 35.3 Å². The highest BCUT2D eigenvalue weighted by atomic mass is 16.5. The van der Waals surface area contributed by atoms with Crippen LogP contribution in [0.15, 0.2) is 30.3 Å². The van der Waals surface area contributed by atoms with E-state index in [4.69, 9.17) is 4.98 Å². The summed E-state index contributed by atoms with van der Waals surface area (Å²) in [6.45, 7) is 6.44.